The van der Waals surface area contributed by atoms with Gasteiger partial charge in [0.2, 0.25) is 0 Å². The highest BCUT2D eigenvalue weighted by molar-refractivity contribution is 14.1. The Morgan fingerprint density at radius 1 is 1.46 bits per heavy atom. The first-order chi connectivity index (χ1) is 6.27. The molecule has 1 atom stereocenters. The van der Waals surface area contributed by atoms with Crippen LogP contribution < -0.4 is 0 Å². The number of aliphatic hydroxyl groups is 1. The largest absolute Gasteiger partial charge is 0.388 e. The predicted octanol–water partition coefficient (Wildman–Crippen LogP) is 3.58. The third-order valence-electron chi connectivity index (χ3n) is 2.78. The van der Waals surface area contributed by atoms with Crippen LogP contribution in [0.5, 0.6) is 0 Å². The van der Waals surface area contributed by atoms with Crippen LogP contribution in [0.3, 0.4) is 0 Å². The van der Waals surface area contributed by atoms with E-state index >= 15 is 0 Å². The van der Waals surface area contributed by atoms with Crippen LogP contribution in [0, 0.1) is 8.80 Å². The van der Waals surface area contributed by atoms with Crippen LogP contribution in [0.1, 0.15) is 37.4 Å². The molecule has 1 saturated carbocycles. The monoisotopic (exact) mass is 308 g/mol. The molecular formula is C10H13IOS. The number of hydrogen-bond donors (Lipinski definition) is 1. The molecule has 0 radical (unpaired) electrons. The second-order valence-electron chi connectivity index (χ2n) is 3.67. The summed E-state index contributed by atoms with van der Waals surface area (Å²) in [5.74, 6) is 0.519. The highest BCUT2D eigenvalue weighted by Crippen LogP contribution is 2.36. The first-order valence-electron chi connectivity index (χ1n) is 4.69. The fourth-order valence-electron chi connectivity index (χ4n) is 2.02. The van der Waals surface area contributed by atoms with Gasteiger partial charge in [0.05, 0.1) is 8.99 Å². The average Bonchev–Trinajstić information content (AvgIpc) is 2.72. The van der Waals surface area contributed by atoms with Crippen LogP contribution >= 0.6 is 33.9 Å². The molecule has 1 aromatic heterocycles. The van der Waals surface area contributed by atoms with Crippen molar-refractivity contribution in [1.29, 1.82) is 0 Å². The molecule has 1 nitrogen and oxygen atoms in total. The molecule has 0 amide bonds. The zero-order valence-electron chi connectivity index (χ0n) is 7.37. The van der Waals surface area contributed by atoms with E-state index in [1.165, 1.54) is 28.6 Å². The van der Waals surface area contributed by atoms with E-state index in [2.05, 4.69) is 34.0 Å². The average molecular weight is 308 g/mol. The van der Waals surface area contributed by atoms with Gasteiger partial charge in [0.1, 0.15) is 0 Å². The van der Waals surface area contributed by atoms with E-state index in [9.17, 15) is 5.11 Å². The van der Waals surface area contributed by atoms with Crippen molar-refractivity contribution in [3.05, 3.63) is 19.9 Å². The summed E-state index contributed by atoms with van der Waals surface area (Å²) >= 11 is 4.02. The van der Waals surface area contributed by atoms with Crippen LogP contribution in [0.25, 0.3) is 0 Å². The van der Waals surface area contributed by atoms with E-state index in [4.69, 9.17) is 0 Å². The number of rotatable bonds is 2. The van der Waals surface area contributed by atoms with Gasteiger partial charge in [-0.15, -0.1) is 11.3 Å². The molecule has 72 valence electrons. The number of thiophene rings is 1. The molecule has 2 rings (SSSR count). The standard InChI is InChI=1S/C10H13IOS/c11-9-5-8(6-13-9)10(12)7-3-1-2-4-7/h5-7,10,12H,1-4H2. The third-order valence-corrected chi connectivity index (χ3v) is 4.58. The highest BCUT2D eigenvalue weighted by Gasteiger charge is 2.24. The minimum atomic E-state index is -0.206. The minimum Gasteiger partial charge on any atom is -0.388 e. The molecule has 1 aliphatic carbocycles. The normalized spacial score (nSPS) is 20.8. The Balaban J connectivity index is 2.07. The van der Waals surface area contributed by atoms with E-state index in [-0.39, 0.29) is 6.10 Å². The quantitative estimate of drug-likeness (QED) is 0.828. The van der Waals surface area contributed by atoms with Gasteiger partial charge in [0.15, 0.2) is 0 Å². The lowest BCUT2D eigenvalue weighted by atomic mass is 9.96. The summed E-state index contributed by atoms with van der Waals surface area (Å²) in [6, 6.07) is 2.11. The van der Waals surface area contributed by atoms with Crippen molar-refractivity contribution in [3.8, 4) is 0 Å². The third kappa shape index (κ3) is 2.25. The lowest BCUT2D eigenvalue weighted by Gasteiger charge is -2.15. The Morgan fingerprint density at radius 3 is 2.69 bits per heavy atom. The predicted molar refractivity (Wildman–Crippen MR) is 64.0 cm³/mol. The van der Waals surface area contributed by atoms with Crippen molar-refractivity contribution in [1.82, 2.24) is 0 Å². The molecule has 0 saturated heterocycles. The van der Waals surface area contributed by atoms with Gasteiger partial charge in [-0.1, -0.05) is 12.8 Å². The smallest absolute Gasteiger partial charge is 0.0826 e. The molecule has 1 aromatic rings. The van der Waals surface area contributed by atoms with E-state index in [1.54, 1.807) is 11.3 Å². The number of hydrogen-bond acceptors (Lipinski definition) is 2. The molecule has 1 heterocycles. The Morgan fingerprint density at radius 2 is 2.15 bits per heavy atom. The van der Waals surface area contributed by atoms with Gasteiger partial charge in [-0.05, 0) is 58.4 Å². The molecule has 0 aromatic carbocycles. The van der Waals surface area contributed by atoms with Crippen LogP contribution in [0.4, 0.5) is 0 Å². The van der Waals surface area contributed by atoms with E-state index in [0.29, 0.717) is 5.92 Å². The minimum absolute atomic E-state index is 0.206. The molecule has 1 unspecified atom stereocenters. The van der Waals surface area contributed by atoms with Crippen LogP contribution in [0.2, 0.25) is 0 Å². The van der Waals surface area contributed by atoms with Gasteiger partial charge in [0.25, 0.3) is 0 Å². The van der Waals surface area contributed by atoms with Crippen molar-refractivity contribution >= 4 is 33.9 Å². The van der Waals surface area contributed by atoms with E-state index in [0.717, 1.165) is 5.56 Å². The van der Waals surface area contributed by atoms with Crippen LogP contribution in [0.15, 0.2) is 11.4 Å². The summed E-state index contributed by atoms with van der Waals surface area (Å²) in [7, 11) is 0. The Kier molecular flexibility index (Phi) is 3.26. The Bertz CT molecular complexity index is 278. The number of aliphatic hydroxyl groups excluding tert-OH is 1. The zero-order chi connectivity index (χ0) is 9.26. The summed E-state index contributed by atoms with van der Waals surface area (Å²) in [5.41, 5.74) is 1.13. The number of halogens is 1. The second-order valence-corrected chi connectivity index (χ2v) is 6.48. The van der Waals surface area contributed by atoms with Gasteiger partial charge < -0.3 is 5.11 Å². The van der Waals surface area contributed by atoms with E-state index < -0.39 is 0 Å². The molecule has 0 aliphatic heterocycles. The zero-order valence-corrected chi connectivity index (χ0v) is 10.3. The summed E-state index contributed by atoms with van der Waals surface area (Å²) in [6.45, 7) is 0. The van der Waals surface area contributed by atoms with Crippen molar-refractivity contribution in [2.75, 3.05) is 0 Å². The second kappa shape index (κ2) is 4.28. The summed E-state index contributed by atoms with van der Waals surface area (Å²) in [6.07, 6.45) is 4.79. The van der Waals surface area contributed by atoms with Crippen molar-refractivity contribution in [2.45, 2.75) is 31.8 Å². The van der Waals surface area contributed by atoms with Gasteiger partial charge in [0, 0.05) is 0 Å². The lowest BCUT2D eigenvalue weighted by Crippen LogP contribution is -2.07. The van der Waals surface area contributed by atoms with Crippen molar-refractivity contribution < 1.29 is 5.11 Å². The van der Waals surface area contributed by atoms with Crippen LogP contribution in [-0.2, 0) is 0 Å². The van der Waals surface area contributed by atoms with Gasteiger partial charge in [-0.3, -0.25) is 0 Å². The lowest BCUT2D eigenvalue weighted by molar-refractivity contribution is 0.112. The summed E-state index contributed by atoms with van der Waals surface area (Å²) in [5, 5.41) is 12.1. The fraction of sp³-hybridized carbons (Fsp3) is 0.600. The molecule has 0 bridgehead atoms. The molecule has 1 N–H and O–H groups in total. The van der Waals surface area contributed by atoms with E-state index in [1.807, 2.05) is 0 Å². The van der Waals surface area contributed by atoms with Gasteiger partial charge >= 0.3 is 0 Å². The molecule has 13 heavy (non-hydrogen) atoms. The topological polar surface area (TPSA) is 20.2 Å². The van der Waals surface area contributed by atoms with Crippen molar-refractivity contribution in [2.24, 2.45) is 5.92 Å². The highest BCUT2D eigenvalue weighted by atomic mass is 127. The maximum atomic E-state index is 10.0. The van der Waals surface area contributed by atoms with Crippen LogP contribution in [-0.4, -0.2) is 5.11 Å². The molecule has 3 heteroatoms. The summed E-state index contributed by atoms with van der Waals surface area (Å²) in [4.78, 5) is 0. The SMILES string of the molecule is OC(c1csc(I)c1)C1CCCC1. The molecule has 1 aliphatic rings. The fourth-order valence-corrected chi connectivity index (χ4v) is 3.43. The first kappa shape index (κ1) is 9.93. The molecule has 0 spiro atoms. The van der Waals surface area contributed by atoms with Gasteiger partial charge in [-0.2, -0.15) is 0 Å². The Hall–Kier alpha value is 0.390. The maximum Gasteiger partial charge on any atom is 0.0826 e. The molecule has 1 fully saturated rings. The Labute approximate surface area is 96.3 Å². The van der Waals surface area contributed by atoms with Crippen molar-refractivity contribution in [3.63, 3.8) is 0 Å². The first-order valence-corrected chi connectivity index (χ1v) is 6.65. The summed E-state index contributed by atoms with van der Waals surface area (Å²) < 4.78 is 1.27. The van der Waals surface area contributed by atoms with Gasteiger partial charge in [-0.25, -0.2) is 0 Å². The molecular weight excluding hydrogens is 295 g/mol. The maximum absolute atomic E-state index is 10.0.